The molecule has 4 fully saturated rings. The van der Waals surface area contributed by atoms with Gasteiger partial charge in [-0.3, -0.25) is 4.79 Å². The number of aliphatic hydroxyl groups excluding tert-OH is 1. The maximum absolute atomic E-state index is 14.9. The fourth-order valence-electron chi connectivity index (χ4n) is 13.1. The Kier molecular flexibility index (Phi) is 9.75. The van der Waals surface area contributed by atoms with Crippen LogP contribution in [-0.2, 0) is 20.9 Å². The van der Waals surface area contributed by atoms with E-state index in [-0.39, 0.29) is 58.0 Å². The lowest BCUT2D eigenvalue weighted by molar-refractivity contribution is -0.241. The first kappa shape index (κ1) is 39.1. The Morgan fingerprint density at radius 1 is 0.982 bits per heavy atom. The van der Waals surface area contributed by atoms with Gasteiger partial charge in [0.2, 0.25) is 5.88 Å². The molecule has 302 valence electrons. The molecule has 1 aromatic carbocycles. The minimum atomic E-state index is -0.676. The third-order valence-corrected chi connectivity index (χ3v) is 16.7. The Hall–Kier alpha value is -3.76. The van der Waals surface area contributed by atoms with Gasteiger partial charge in [-0.05, 0) is 102 Å². The Labute approximate surface area is 332 Å². The molecule has 3 heterocycles. The van der Waals surface area contributed by atoms with E-state index in [0.717, 1.165) is 49.0 Å². The first-order chi connectivity index (χ1) is 26.7. The van der Waals surface area contributed by atoms with Gasteiger partial charge in [-0.2, -0.15) is 5.10 Å². The number of aliphatic hydroxyl groups is 1. The van der Waals surface area contributed by atoms with Crippen molar-refractivity contribution in [1.29, 1.82) is 0 Å². The van der Waals surface area contributed by atoms with Gasteiger partial charge in [0, 0.05) is 28.7 Å². The predicted molar refractivity (Wildman–Crippen MR) is 214 cm³/mol. The maximum atomic E-state index is 14.9. The number of esters is 1. The Bertz CT molecular complexity index is 1980. The molecule has 1 aliphatic heterocycles. The SMILES string of the molecule is COc1ccc(COC(=O)[C@@H]2[C@@](C)([C@H](C)C(C)C)CC[C@]3(C)[C@H]4CC[C@@H]5[C@@]6(COC[C@@]5(C)[C@@H](O)[C@H](n5ncnc5-c5ccnc(OC)c5)C6)C4=CC[C@@]23C)cc1. The average molecular weight is 767 g/mol. The molecule has 0 amide bonds. The highest BCUT2D eigenvalue weighted by Gasteiger charge is 2.72. The first-order valence-corrected chi connectivity index (χ1v) is 20.8. The summed E-state index contributed by atoms with van der Waals surface area (Å²) < 4.78 is 25.8. The van der Waals surface area contributed by atoms with Crippen molar-refractivity contribution in [2.75, 3.05) is 27.4 Å². The van der Waals surface area contributed by atoms with E-state index in [1.165, 1.54) is 5.57 Å². The van der Waals surface area contributed by atoms with Crippen LogP contribution >= 0.6 is 0 Å². The third kappa shape index (κ3) is 5.62. The predicted octanol–water partition coefficient (Wildman–Crippen LogP) is 8.51. The van der Waals surface area contributed by atoms with E-state index in [2.05, 4.69) is 59.5 Å². The highest BCUT2D eigenvalue weighted by molar-refractivity contribution is 5.75. The van der Waals surface area contributed by atoms with Crippen molar-refractivity contribution >= 4 is 5.97 Å². The molecule has 2 aromatic heterocycles. The first-order valence-electron chi connectivity index (χ1n) is 20.8. The molecule has 11 atom stereocenters. The van der Waals surface area contributed by atoms with Gasteiger partial charge in [0.15, 0.2) is 5.82 Å². The van der Waals surface area contributed by atoms with Crippen molar-refractivity contribution < 1.29 is 28.8 Å². The van der Waals surface area contributed by atoms with Crippen LogP contribution < -0.4 is 9.47 Å². The van der Waals surface area contributed by atoms with Gasteiger partial charge in [-0.15, -0.1) is 0 Å². The molecule has 0 unspecified atom stereocenters. The van der Waals surface area contributed by atoms with Crippen molar-refractivity contribution in [3.63, 3.8) is 0 Å². The normalized spacial score (nSPS) is 38.1. The molecule has 1 N–H and O–H groups in total. The van der Waals surface area contributed by atoms with Crippen LogP contribution in [0, 0.1) is 56.7 Å². The number of ether oxygens (including phenoxy) is 4. The third-order valence-electron chi connectivity index (χ3n) is 16.7. The van der Waals surface area contributed by atoms with Gasteiger partial charge in [0.05, 0.1) is 45.5 Å². The van der Waals surface area contributed by atoms with Crippen LogP contribution in [-0.4, -0.2) is 64.4 Å². The number of nitrogens with zero attached hydrogens (tertiary/aromatic N) is 4. The molecular weight excluding hydrogens is 705 g/mol. The summed E-state index contributed by atoms with van der Waals surface area (Å²) in [5.74, 6) is 2.91. The molecule has 10 heteroatoms. The summed E-state index contributed by atoms with van der Waals surface area (Å²) in [7, 11) is 3.27. The smallest absolute Gasteiger partial charge is 0.310 e. The minimum absolute atomic E-state index is 0.0752. The maximum Gasteiger partial charge on any atom is 0.310 e. The fraction of sp³-hybridized carbons (Fsp3) is 0.652. The number of rotatable bonds is 9. The van der Waals surface area contributed by atoms with Crippen LogP contribution in [0.15, 0.2) is 60.6 Å². The van der Waals surface area contributed by atoms with Crippen LogP contribution in [0.2, 0.25) is 0 Å². The monoisotopic (exact) mass is 766 g/mol. The standard InChI is InChI=1S/C46H62N4O6/c1-28(2)29(3)42(4)19-20-44(6)33-14-15-36-43(5)25-55-26-46(36,23-35(39(43)51)50-40(48-27-49-50)31-17-21-47-37(22-31)54-9)34(33)16-18-45(44,7)38(42)41(52)56-24-30-10-12-32(53-8)13-11-30/h10-13,16-17,21-22,27-29,33,35-36,38-39,51H,14-15,18-20,23-26H2,1-9H3/t29-,33+,35-,36+,38-,39+,42-,43-,44-,45+,46+/m1/s1. The summed E-state index contributed by atoms with van der Waals surface area (Å²) in [5, 5.41) is 17.2. The lowest BCUT2D eigenvalue weighted by atomic mass is 9.34. The molecule has 0 radical (unpaired) electrons. The summed E-state index contributed by atoms with van der Waals surface area (Å²) in [6.45, 7) is 17.8. The van der Waals surface area contributed by atoms with E-state index < -0.39 is 11.5 Å². The highest BCUT2D eigenvalue weighted by atomic mass is 16.5. The molecule has 1 saturated heterocycles. The minimum Gasteiger partial charge on any atom is -0.497 e. The Balaban J connectivity index is 1.18. The van der Waals surface area contributed by atoms with Crippen LogP contribution in [0.25, 0.3) is 11.4 Å². The van der Waals surface area contributed by atoms with Gasteiger partial charge in [0.1, 0.15) is 18.7 Å². The van der Waals surface area contributed by atoms with Crippen LogP contribution in [0.3, 0.4) is 0 Å². The Morgan fingerprint density at radius 3 is 2.46 bits per heavy atom. The van der Waals surface area contributed by atoms with E-state index in [1.807, 2.05) is 41.1 Å². The lowest BCUT2D eigenvalue weighted by Crippen LogP contribution is -2.68. The van der Waals surface area contributed by atoms with E-state index in [0.29, 0.717) is 43.2 Å². The van der Waals surface area contributed by atoms with Crippen molar-refractivity contribution in [1.82, 2.24) is 19.7 Å². The molecular formula is C46H62N4O6. The van der Waals surface area contributed by atoms with Crippen molar-refractivity contribution in [2.45, 2.75) is 106 Å². The van der Waals surface area contributed by atoms with Crippen molar-refractivity contribution in [2.24, 2.45) is 56.7 Å². The molecule has 8 rings (SSSR count). The summed E-state index contributed by atoms with van der Waals surface area (Å²) in [4.78, 5) is 23.9. The molecule has 0 spiro atoms. The molecule has 10 nitrogen and oxygen atoms in total. The summed E-state index contributed by atoms with van der Waals surface area (Å²) in [6.07, 6.45) is 10.7. The van der Waals surface area contributed by atoms with E-state index in [4.69, 9.17) is 29.0 Å². The number of methoxy groups -OCH3 is 2. The number of fused-ring (bicyclic) bond motifs is 3. The van der Waals surface area contributed by atoms with Crippen molar-refractivity contribution in [3.05, 3.63) is 66.1 Å². The average Bonchev–Trinajstić information content (AvgIpc) is 3.69. The van der Waals surface area contributed by atoms with Crippen LogP contribution in [0.5, 0.6) is 11.6 Å². The second-order valence-corrected chi connectivity index (χ2v) is 19.3. The van der Waals surface area contributed by atoms with Gasteiger partial charge in [0.25, 0.3) is 0 Å². The number of carbonyl (C=O) groups is 1. The van der Waals surface area contributed by atoms with E-state index in [9.17, 15) is 9.90 Å². The lowest BCUT2D eigenvalue weighted by Gasteiger charge is -2.71. The number of hydrogen-bond acceptors (Lipinski definition) is 9. The molecule has 2 bridgehead atoms. The quantitative estimate of drug-likeness (QED) is 0.169. The highest BCUT2D eigenvalue weighted by Crippen LogP contribution is 2.75. The van der Waals surface area contributed by atoms with Crippen molar-refractivity contribution in [3.8, 4) is 23.0 Å². The van der Waals surface area contributed by atoms with Gasteiger partial charge in [-0.1, -0.05) is 72.2 Å². The number of benzene rings is 1. The summed E-state index contributed by atoms with van der Waals surface area (Å²) in [5.41, 5.74) is 1.82. The molecule has 56 heavy (non-hydrogen) atoms. The number of allylic oxidation sites excluding steroid dienone is 1. The zero-order chi connectivity index (χ0) is 39.8. The van der Waals surface area contributed by atoms with Crippen LogP contribution in [0.4, 0.5) is 0 Å². The Morgan fingerprint density at radius 2 is 1.75 bits per heavy atom. The van der Waals surface area contributed by atoms with E-state index in [1.54, 1.807) is 26.7 Å². The number of aromatic nitrogens is 4. The topological polar surface area (TPSA) is 118 Å². The van der Waals surface area contributed by atoms with Gasteiger partial charge < -0.3 is 24.1 Å². The number of hydrogen-bond donors (Lipinski definition) is 1. The van der Waals surface area contributed by atoms with Gasteiger partial charge >= 0.3 is 5.97 Å². The summed E-state index contributed by atoms with van der Waals surface area (Å²) >= 11 is 0. The number of pyridine rings is 1. The molecule has 3 saturated carbocycles. The summed E-state index contributed by atoms with van der Waals surface area (Å²) in [6, 6.07) is 11.3. The molecule has 4 aliphatic carbocycles. The van der Waals surface area contributed by atoms with E-state index >= 15 is 0 Å². The largest absolute Gasteiger partial charge is 0.497 e. The van der Waals surface area contributed by atoms with Crippen LogP contribution in [0.1, 0.15) is 98.6 Å². The zero-order valence-electron chi connectivity index (χ0n) is 34.9. The molecule has 5 aliphatic rings. The number of carbonyl (C=O) groups excluding carboxylic acids is 1. The second-order valence-electron chi connectivity index (χ2n) is 19.3. The fourth-order valence-corrected chi connectivity index (χ4v) is 13.1. The molecule has 3 aromatic rings. The second kappa shape index (κ2) is 14.0. The van der Waals surface area contributed by atoms with Gasteiger partial charge in [-0.25, -0.2) is 14.6 Å². The zero-order valence-corrected chi connectivity index (χ0v) is 34.9.